The van der Waals surface area contributed by atoms with Crippen molar-refractivity contribution in [3.05, 3.63) is 78.0 Å². The van der Waals surface area contributed by atoms with Crippen molar-refractivity contribution >= 4 is 29.4 Å². The predicted octanol–water partition coefficient (Wildman–Crippen LogP) is 3.17. The van der Waals surface area contributed by atoms with Crippen molar-refractivity contribution in [3.63, 3.8) is 0 Å². The molecule has 2 heterocycles. The minimum Gasteiger partial charge on any atom is -0.367 e. The van der Waals surface area contributed by atoms with Crippen molar-refractivity contribution in [1.82, 2.24) is 20.5 Å². The highest BCUT2D eigenvalue weighted by molar-refractivity contribution is 5.91. The number of hydrogen-bond donors (Lipinski definition) is 3. The van der Waals surface area contributed by atoms with Crippen LogP contribution in [0.2, 0.25) is 0 Å². The van der Waals surface area contributed by atoms with E-state index in [4.69, 9.17) is 0 Å². The van der Waals surface area contributed by atoms with Crippen molar-refractivity contribution < 1.29 is 4.79 Å². The van der Waals surface area contributed by atoms with E-state index in [2.05, 4.69) is 31.1 Å². The second-order valence-electron chi connectivity index (χ2n) is 6.11. The van der Waals surface area contributed by atoms with Gasteiger partial charge in [0, 0.05) is 25.4 Å². The third kappa shape index (κ3) is 6.21. The molecule has 1 aromatic carbocycles. The highest BCUT2D eigenvalue weighted by atomic mass is 16.1. The van der Waals surface area contributed by atoms with Gasteiger partial charge in [-0.1, -0.05) is 30.3 Å². The van der Waals surface area contributed by atoms with Gasteiger partial charge in [0.05, 0.1) is 0 Å². The van der Waals surface area contributed by atoms with Gasteiger partial charge in [0.15, 0.2) is 5.82 Å². The number of carbonyl (C=O) groups excluding carboxylic acids is 1. The molecule has 0 bridgehead atoms. The van der Waals surface area contributed by atoms with Gasteiger partial charge in [-0.05, 0) is 48.4 Å². The molecular weight excluding hydrogens is 352 g/mol. The van der Waals surface area contributed by atoms with E-state index in [1.807, 2.05) is 61.5 Å². The smallest absolute Gasteiger partial charge is 0.244 e. The molecule has 2 aromatic heterocycles. The fraction of sp³-hybridized carbons (Fsp3) is 0.143. The Hall–Kier alpha value is -3.74. The SMILES string of the molecule is Cc1ccnc(Nc2ccc(NCCNC(=O)C=Cc3ccccc3)nn2)c1. The number of hydrogen-bond acceptors (Lipinski definition) is 6. The lowest BCUT2D eigenvalue weighted by Crippen LogP contribution is -2.27. The van der Waals surface area contributed by atoms with Crippen LogP contribution in [0.1, 0.15) is 11.1 Å². The first-order chi connectivity index (χ1) is 13.7. The Balaban J connectivity index is 1.39. The van der Waals surface area contributed by atoms with Crippen LogP contribution in [-0.2, 0) is 4.79 Å². The molecule has 0 spiro atoms. The fourth-order valence-electron chi connectivity index (χ4n) is 2.40. The maximum Gasteiger partial charge on any atom is 0.244 e. The molecule has 0 aliphatic rings. The summed E-state index contributed by atoms with van der Waals surface area (Å²) in [5.74, 6) is 1.84. The molecule has 0 radical (unpaired) electrons. The number of aromatic nitrogens is 3. The Morgan fingerprint density at radius 2 is 1.75 bits per heavy atom. The summed E-state index contributed by atoms with van der Waals surface area (Å²) in [7, 11) is 0. The number of nitrogens with one attached hydrogen (secondary N) is 3. The van der Waals surface area contributed by atoms with E-state index < -0.39 is 0 Å². The van der Waals surface area contributed by atoms with Crippen molar-refractivity contribution in [3.8, 4) is 0 Å². The van der Waals surface area contributed by atoms with Gasteiger partial charge in [-0.15, -0.1) is 10.2 Å². The summed E-state index contributed by atoms with van der Waals surface area (Å²) in [5, 5.41) is 17.3. The summed E-state index contributed by atoms with van der Waals surface area (Å²) in [5.41, 5.74) is 2.10. The van der Waals surface area contributed by atoms with Crippen LogP contribution < -0.4 is 16.0 Å². The highest BCUT2D eigenvalue weighted by Gasteiger charge is 2.00. The fourth-order valence-corrected chi connectivity index (χ4v) is 2.40. The number of carbonyl (C=O) groups is 1. The van der Waals surface area contributed by atoms with E-state index in [-0.39, 0.29) is 5.91 Å². The molecule has 0 aliphatic carbocycles. The number of pyridine rings is 1. The lowest BCUT2D eigenvalue weighted by atomic mass is 10.2. The van der Waals surface area contributed by atoms with E-state index in [1.54, 1.807) is 12.3 Å². The van der Waals surface area contributed by atoms with Gasteiger partial charge < -0.3 is 16.0 Å². The molecule has 3 aromatic rings. The number of benzene rings is 1. The van der Waals surface area contributed by atoms with Gasteiger partial charge >= 0.3 is 0 Å². The van der Waals surface area contributed by atoms with E-state index in [1.165, 1.54) is 6.08 Å². The first kappa shape index (κ1) is 19.0. The third-order valence-corrected chi connectivity index (χ3v) is 3.79. The Bertz CT molecular complexity index is 925. The van der Waals surface area contributed by atoms with Crippen LogP contribution in [0.25, 0.3) is 6.08 Å². The molecule has 142 valence electrons. The first-order valence-corrected chi connectivity index (χ1v) is 8.97. The van der Waals surface area contributed by atoms with Crippen LogP contribution in [0.15, 0.2) is 66.9 Å². The van der Waals surface area contributed by atoms with Crippen LogP contribution in [0.4, 0.5) is 17.5 Å². The zero-order chi connectivity index (χ0) is 19.6. The maximum absolute atomic E-state index is 11.8. The van der Waals surface area contributed by atoms with Crippen LogP contribution in [-0.4, -0.2) is 34.2 Å². The van der Waals surface area contributed by atoms with Gasteiger partial charge in [-0.3, -0.25) is 4.79 Å². The molecular formula is C21H22N6O. The minimum absolute atomic E-state index is 0.137. The first-order valence-electron chi connectivity index (χ1n) is 8.97. The molecule has 7 heteroatoms. The zero-order valence-electron chi connectivity index (χ0n) is 15.6. The van der Waals surface area contributed by atoms with Crippen molar-refractivity contribution in [2.45, 2.75) is 6.92 Å². The second kappa shape index (κ2) is 9.82. The molecule has 0 saturated carbocycles. The normalized spacial score (nSPS) is 10.6. The standard InChI is InChI=1S/C21H22N6O/c1-16-11-12-22-20(15-16)25-19-9-8-18(26-27-19)23-13-14-24-21(28)10-7-17-5-3-2-4-6-17/h2-12,15H,13-14H2,1H3,(H,23,26)(H,24,28)(H,22,25,27). The van der Waals surface area contributed by atoms with E-state index in [9.17, 15) is 4.79 Å². The Labute approximate surface area is 163 Å². The molecule has 1 amide bonds. The second-order valence-corrected chi connectivity index (χ2v) is 6.11. The summed E-state index contributed by atoms with van der Waals surface area (Å²) in [6.07, 6.45) is 5.04. The van der Waals surface area contributed by atoms with Crippen molar-refractivity contribution in [2.24, 2.45) is 0 Å². The maximum atomic E-state index is 11.8. The molecule has 0 aliphatic heterocycles. The molecule has 0 fully saturated rings. The van der Waals surface area contributed by atoms with Gasteiger partial charge in [0.1, 0.15) is 11.6 Å². The van der Waals surface area contributed by atoms with Crippen LogP contribution >= 0.6 is 0 Å². The van der Waals surface area contributed by atoms with Gasteiger partial charge in [0.25, 0.3) is 0 Å². The average molecular weight is 374 g/mol. The monoisotopic (exact) mass is 374 g/mol. The number of amides is 1. The van der Waals surface area contributed by atoms with E-state index in [0.717, 1.165) is 16.9 Å². The molecule has 3 N–H and O–H groups in total. The summed E-state index contributed by atoms with van der Waals surface area (Å²) in [4.78, 5) is 16.0. The largest absolute Gasteiger partial charge is 0.367 e. The quantitative estimate of drug-likeness (QED) is 0.414. The van der Waals surface area contributed by atoms with Crippen LogP contribution in [0, 0.1) is 6.92 Å². The summed E-state index contributed by atoms with van der Waals surface area (Å²) < 4.78 is 0. The van der Waals surface area contributed by atoms with Crippen molar-refractivity contribution in [1.29, 1.82) is 0 Å². The Morgan fingerprint density at radius 3 is 2.50 bits per heavy atom. The third-order valence-electron chi connectivity index (χ3n) is 3.79. The minimum atomic E-state index is -0.137. The highest BCUT2D eigenvalue weighted by Crippen LogP contribution is 2.13. The summed E-state index contributed by atoms with van der Waals surface area (Å²) in [6, 6.07) is 17.2. The van der Waals surface area contributed by atoms with Gasteiger partial charge in [-0.2, -0.15) is 0 Å². The Morgan fingerprint density at radius 1 is 0.964 bits per heavy atom. The molecule has 3 rings (SSSR count). The molecule has 7 nitrogen and oxygen atoms in total. The number of rotatable bonds is 8. The van der Waals surface area contributed by atoms with Crippen molar-refractivity contribution in [2.75, 3.05) is 23.7 Å². The summed E-state index contributed by atoms with van der Waals surface area (Å²) >= 11 is 0. The predicted molar refractivity (Wildman–Crippen MR) is 111 cm³/mol. The van der Waals surface area contributed by atoms with Gasteiger partial charge in [-0.25, -0.2) is 4.98 Å². The number of aryl methyl sites for hydroxylation is 1. The molecule has 0 saturated heterocycles. The van der Waals surface area contributed by atoms with Crippen LogP contribution in [0.5, 0.6) is 0 Å². The average Bonchev–Trinajstić information content (AvgIpc) is 2.72. The molecule has 28 heavy (non-hydrogen) atoms. The number of anilines is 3. The zero-order valence-corrected chi connectivity index (χ0v) is 15.6. The number of nitrogens with zero attached hydrogens (tertiary/aromatic N) is 3. The lowest BCUT2D eigenvalue weighted by molar-refractivity contribution is -0.116. The van der Waals surface area contributed by atoms with E-state index in [0.29, 0.717) is 24.7 Å². The summed E-state index contributed by atoms with van der Waals surface area (Å²) in [6.45, 7) is 3.03. The lowest BCUT2D eigenvalue weighted by Gasteiger charge is -2.07. The molecule has 0 unspecified atom stereocenters. The van der Waals surface area contributed by atoms with E-state index >= 15 is 0 Å². The molecule has 0 atom stereocenters. The topological polar surface area (TPSA) is 91.8 Å². The Kier molecular flexibility index (Phi) is 6.67. The van der Waals surface area contributed by atoms with Crippen LogP contribution in [0.3, 0.4) is 0 Å². The van der Waals surface area contributed by atoms with Gasteiger partial charge in [0.2, 0.25) is 5.91 Å².